The number of hydrogen-bond acceptors (Lipinski definition) is 7. The van der Waals surface area contributed by atoms with Gasteiger partial charge in [-0.2, -0.15) is 0 Å². The highest BCUT2D eigenvalue weighted by molar-refractivity contribution is 8.18. The molecule has 0 saturated carbocycles. The molecule has 1 saturated heterocycles. The van der Waals surface area contributed by atoms with Crippen molar-refractivity contribution in [2.45, 2.75) is 26.2 Å². The Morgan fingerprint density at radius 3 is 2.87 bits per heavy atom. The predicted molar refractivity (Wildman–Crippen MR) is 120 cm³/mol. The van der Waals surface area contributed by atoms with Crippen LogP contribution in [0.25, 0.3) is 6.08 Å². The van der Waals surface area contributed by atoms with Crippen molar-refractivity contribution in [2.24, 2.45) is 11.7 Å². The molecule has 1 aliphatic heterocycles. The Kier molecular flexibility index (Phi) is 5.81. The van der Waals surface area contributed by atoms with Crippen LogP contribution in [0.5, 0.6) is 0 Å². The highest BCUT2D eigenvalue weighted by Crippen LogP contribution is 2.39. The number of nitrogens with one attached hydrogen (secondary N) is 1. The molecule has 1 aliphatic carbocycles. The maximum atomic E-state index is 12.6. The normalized spacial score (nSPS) is 20.0. The summed E-state index contributed by atoms with van der Waals surface area (Å²) in [5.74, 6) is -1.11. The van der Waals surface area contributed by atoms with Crippen molar-refractivity contribution < 1.29 is 19.2 Å². The fourth-order valence-corrected chi connectivity index (χ4v) is 6.54. The number of carbonyl (C=O) groups is 4. The van der Waals surface area contributed by atoms with Crippen LogP contribution >= 0.6 is 34.4 Å². The molecule has 2 aromatic heterocycles. The Balaban J connectivity index is 1.50. The molecule has 1 atom stereocenters. The third kappa shape index (κ3) is 4.07. The van der Waals surface area contributed by atoms with Gasteiger partial charge in [-0.05, 0) is 60.0 Å². The standard InChI is InChI=1S/C20H19N3O4S3/c1-10-4-5-12-13(7-10)29-18(16(12)17(21)25)22-15(24)9-23-19(26)14(30-20(23)27)8-11-3-2-6-28-11/h2-3,6,8,10H,4-5,7,9H2,1H3,(H2,21,25)(H,22,24). The van der Waals surface area contributed by atoms with Gasteiger partial charge in [0, 0.05) is 9.75 Å². The zero-order chi connectivity index (χ0) is 21.4. The van der Waals surface area contributed by atoms with Gasteiger partial charge in [0.25, 0.3) is 17.1 Å². The van der Waals surface area contributed by atoms with Crippen LogP contribution in [0.3, 0.4) is 0 Å². The molecule has 10 heteroatoms. The number of rotatable bonds is 5. The zero-order valence-electron chi connectivity index (χ0n) is 16.1. The molecule has 1 unspecified atom stereocenters. The Morgan fingerprint density at radius 1 is 1.37 bits per heavy atom. The summed E-state index contributed by atoms with van der Waals surface area (Å²) >= 11 is 3.62. The monoisotopic (exact) mass is 461 g/mol. The summed E-state index contributed by atoms with van der Waals surface area (Å²) in [7, 11) is 0. The van der Waals surface area contributed by atoms with E-state index in [1.54, 1.807) is 6.08 Å². The zero-order valence-corrected chi connectivity index (χ0v) is 18.5. The molecular weight excluding hydrogens is 442 g/mol. The highest BCUT2D eigenvalue weighted by Gasteiger charge is 2.37. The first-order valence-corrected chi connectivity index (χ1v) is 11.9. The van der Waals surface area contributed by atoms with Crippen LogP contribution in [-0.4, -0.2) is 34.4 Å². The lowest BCUT2D eigenvalue weighted by Gasteiger charge is -2.18. The van der Waals surface area contributed by atoms with E-state index in [9.17, 15) is 19.2 Å². The van der Waals surface area contributed by atoms with E-state index in [0.29, 0.717) is 16.5 Å². The summed E-state index contributed by atoms with van der Waals surface area (Å²) in [4.78, 5) is 52.6. The fraction of sp³-hybridized carbons (Fsp3) is 0.300. The van der Waals surface area contributed by atoms with Crippen LogP contribution in [0.2, 0.25) is 0 Å². The number of hydrogen-bond donors (Lipinski definition) is 2. The Labute approximate surface area is 185 Å². The second-order valence-corrected chi connectivity index (χ2v) is 10.3. The first-order chi connectivity index (χ1) is 14.3. The lowest BCUT2D eigenvalue weighted by molar-refractivity contribution is -0.127. The Bertz CT molecular complexity index is 1070. The highest BCUT2D eigenvalue weighted by atomic mass is 32.2. The minimum absolute atomic E-state index is 0.286. The summed E-state index contributed by atoms with van der Waals surface area (Å²) in [5, 5.41) is 4.48. The SMILES string of the molecule is CC1CCc2c(sc(NC(=O)CN3C(=O)SC(=Cc4cccs4)C3=O)c2C(N)=O)C1. The number of thiophene rings is 2. The van der Waals surface area contributed by atoms with Crippen LogP contribution in [0.4, 0.5) is 9.80 Å². The summed E-state index contributed by atoms with van der Waals surface area (Å²) in [5.41, 5.74) is 6.83. The average Bonchev–Trinajstić information content (AvgIpc) is 3.37. The molecule has 4 rings (SSSR count). The van der Waals surface area contributed by atoms with E-state index in [0.717, 1.165) is 51.2 Å². The van der Waals surface area contributed by atoms with E-state index in [-0.39, 0.29) is 4.91 Å². The lowest BCUT2D eigenvalue weighted by atomic mass is 9.88. The van der Waals surface area contributed by atoms with Crippen LogP contribution in [0, 0.1) is 5.92 Å². The quantitative estimate of drug-likeness (QED) is 0.660. The lowest BCUT2D eigenvalue weighted by Crippen LogP contribution is -2.36. The molecule has 3 heterocycles. The topological polar surface area (TPSA) is 110 Å². The summed E-state index contributed by atoms with van der Waals surface area (Å²) < 4.78 is 0. The van der Waals surface area contributed by atoms with E-state index in [1.807, 2.05) is 17.5 Å². The van der Waals surface area contributed by atoms with E-state index >= 15 is 0 Å². The molecule has 7 nitrogen and oxygen atoms in total. The van der Waals surface area contributed by atoms with E-state index in [4.69, 9.17) is 5.73 Å². The van der Waals surface area contributed by atoms with E-state index in [1.165, 1.54) is 22.7 Å². The van der Waals surface area contributed by atoms with Gasteiger partial charge in [-0.15, -0.1) is 22.7 Å². The van der Waals surface area contributed by atoms with Crippen molar-refractivity contribution in [1.82, 2.24) is 4.90 Å². The molecule has 156 valence electrons. The molecule has 4 amide bonds. The van der Waals surface area contributed by atoms with E-state index in [2.05, 4.69) is 12.2 Å². The van der Waals surface area contributed by atoms with Gasteiger partial charge in [0.05, 0.1) is 10.5 Å². The van der Waals surface area contributed by atoms with Crippen molar-refractivity contribution in [1.29, 1.82) is 0 Å². The van der Waals surface area contributed by atoms with Gasteiger partial charge in [-0.3, -0.25) is 24.1 Å². The number of anilines is 1. The molecule has 0 bridgehead atoms. The predicted octanol–water partition coefficient (Wildman–Crippen LogP) is 3.71. The molecule has 0 aromatic carbocycles. The average molecular weight is 462 g/mol. The van der Waals surface area contributed by atoms with Crippen molar-refractivity contribution in [3.63, 3.8) is 0 Å². The third-order valence-corrected chi connectivity index (χ3v) is 7.90. The number of primary amides is 1. The smallest absolute Gasteiger partial charge is 0.294 e. The van der Waals surface area contributed by atoms with Gasteiger partial charge in [-0.25, -0.2) is 0 Å². The number of imide groups is 1. The molecule has 1 fully saturated rings. The van der Waals surface area contributed by atoms with Crippen molar-refractivity contribution in [2.75, 3.05) is 11.9 Å². The summed E-state index contributed by atoms with van der Waals surface area (Å²) in [6, 6.07) is 3.70. The van der Waals surface area contributed by atoms with Gasteiger partial charge in [0.1, 0.15) is 11.5 Å². The number of fused-ring (bicyclic) bond motifs is 1. The number of nitrogens with two attached hydrogens (primary N) is 1. The molecule has 0 spiro atoms. The van der Waals surface area contributed by atoms with Gasteiger partial charge < -0.3 is 11.1 Å². The maximum absolute atomic E-state index is 12.6. The van der Waals surface area contributed by atoms with Gasteiger partial charge in [0.15, 0.2) is 0 Å². The van der Waals surface area contributed by atoms with Crippen molar-refractivity contribution in [3.8, 4) is 0 Å². The second kappa shape index (κ2) is 8.37. The number of nitrogens with zero attached hydrogens (tertiary/aromatic N) is 1. The molecule has 0 radical (unpaired) electrons. The van der Waals surface area contributed by atoms with Gasteiger partial charge in [0.2, 0.25) is 5.91 Å². The van der Waals surface area contributed by atoms with Crippen LogP contribution < -0.4 is 11.1 Å². The van der Waals surface area contributed by atoms with Gasteiger partial charge >= 0.3 is 0 Å². The second-order valence-electron chi connectivity index (χ2n) is 7.25. The van der Waals surface area contributed by atoms with Crippen LogP contribution in [0.1, 0.15) is 39.0 Å². The van der Waals surface area contributed by atoms with Gasteiger partial charge in [-0.1, -0.05) is 13.0 Å². The first kappa shape index (κ1) is 20.8. The number of thioether (sulfide) groups is 1. The molecule has 30 heavy (non-hydrogen) atoms. The van der Waals surface area contributed by atoms with Crippen molar-refractivity contribution in [3.05, 3.63) is 43.3 Å². The Hall–Kier alpha value is -2.43. The molecule has 2 aromatic rings. The Morgan fingerprint density at radius 2 is 2.17 bits per heavy atom. The minimum Gasteiger partial charge on any atom is -0.365 e. The number of amides is 4. The largest absolute Gasteiger partial charge is 0.365 e. The van der Waals surface area contributed by atoms with E-state index < -0.39 is 29.5 Å². The van der Waals surface area contributed by atoms with Crippen molar-refractivity contribution >= 4 is 68.5 Å². The fourth-order valence-electron chi connectivity index (χ4n) is 3.55. The third-order valence-electron chi connectivity index (χ3n) is 5.00. The molecular formula is C20H19N3O4S3. The molecule has 2 aliphatic rings. The molecule has 3 N–H and O–H groups in total. The summed E-state index contributed by atoms with van der Waals surface area (Å²) in [6.45, 7) is 1.73. The minimum atomic E-state index is -0.581. The number of carbonyl (C=O) groups excluding carboxylic acids is 4. The van der Waals surface area contributed by atoms with Crippen LogP contribution in [-0.2, 0) is 22.4 Å². The van der Waals surface area contributed by atoms with Crippen LogP contribution in [0.15, 0.2) is 22.4 Å². The summed E-state index contributed by atoms with van der Waals surface area (Å²) in [6.07, 6.45) is 4.20. The first-order valence-electron chi connectivity index (χ1n) is 9.36. The maximum Gasteiger partial charge on any atom is 0.294 e.